The second kappa shape index (κ2) is 4.13. The summed E-state index contributed by atoms with van der Waals surface area (Å²) in [6, 6.07) is 0. The summed E-state index contributed by atoms with van der Waals surface area (Å²) >= 11 is 0. The molecular weight excluding hydrogens is 184 g/mol. The Bertz CT molecular complexity index is 277. The van der Waals surface area contributed by atoms with E-state index in [-0.39, 0.29) is 6.10 Å². The zero-order valence-corrected chi connectivity index (χ0v) is 9.82. The SMILES string of the molecule is C=C1C[C@H]2C=C[C@H](C2)[C@H]1[C@@H](C)C[C@H](C)O. The summed E-state index contributed by atoms with van der Waals surface area (Å²) in [5.74, 6) is 2.63. The van der Waals surface area contributed by atoms with Crippen LogP contribution in [0.25, 0.3) is 0 Å². The lowest BCUT2D eigenvalue weighted by atomic mass is 9.69. The number of aliphatic hydroxyl groups is 1. The number of hydrogen-bond donors (Lipinski definition) is 1. The van der Waals surface area contributed by atoms with E-state index < -0.39 is 0 Å². The third kappa shape index (κ3) is 2.17. The molecule has 0 unspecified atom stereocenters. The third-order valence-electron chi connectivity index (χ3n) is 3.99. The van der Waals surface area contributed by atoms with Gasteiger partial charge in [-0.25, -0.2) is 0 Å². The normalized spacial score (nSPS) is 38.1. The summed E-state index contributed by atoms with van der Waals surface area (Å²) in [5.41, 5.74) is 1.41. The van der Waals surface area contributed by atoms with Crippen molar-refractivity contribution in [2.45, 2.75) is 39.2 Å². The van der Waals surface area contributed by atoms with Crippen LogP contribution in [0.15, 0.2) is 24.3 Å². The Morgan fingerprint density at radius 2 is 2.20 bits per heavy atom. The second-order valence-corrected chi connectivity index (χ2v) is 5.49. The van der Waals surface area contributed by atoms with E-state index in [1.165, 1.54) is 18.4 Å². The van der Waals surface area contributed by atoms with Crippen molar-refractivity contribution in [1.29, 1.82) is 0 Å². The molecule has 2 bridgehead atoms. The Labute approximate surface area is 92.9 Å². The first-order valence-corrected chi connectivity index (χ1v) is 6.12. The first kappa shape index (κ1) is 10.9. The summed E-state index contributed by atoms with van der Waals surface area (Å²) in [6.07, 6.45) is 7.95. The fourth-order valence-corrected chi connectivity index (χ4v) is 3.51. The zero-order valence-electron chi connectivity index (χ0n) is 9.82. The molecule has 0 amide bonds. The fourth-order valence-electron chi connectivity index (χ4n) is 3.51. The molecule has 5 atom stereocenters. The molecule has 2 rings (SSSR count). The molecule has 15 heavy (non-hydrogen) atoms. The van der Waals surface area contributed by atoms with Gasteiger partial charge in [0.05, 0.1) is 6.10 Å². The van der Waals surface area contributed by atoms with Crippen LogP contribution in [0.1, 0.15) is 33.1 Å². The smallest absolute Gasteiger partial charge is 0.0514 e. The van der Waals surface area contributed by atoms with Gasteiger partial charge in [0.1, 0.15) is 0 Å². The van der Waals surface area contributed by atoms with Gasteiger partial charge in [-0.3, -0.25) is 0 Å². The van der Waals surface area contributed by atoms with Crippen LogP contribution < -0.4 is 0 Å². The zero-order chi connectivity index (χ0) is 11.0. The molecule has 1 nitrogen and oxygen atoms in total. The molecule has 84 valence electrons. The number of hydrogen-bond acceptors (Lipinski definition) is 1. The van der Waals surface area contributed by atoms with Crippen molar-refractivity contribution in [2.75, 3.05) is 0 Å². The molecule has 1 fully saturated rings. The van der Waals surface area contributed by atoms with Crippen molar-refractivity contribution in [1.82, 2.24) is 0 Å². The van der Waals surface area contributed by atoms with E-state index in [2.05, 4.69) is 25.7 Å². The van der Waals surface area contributed by atoms with Crippen LogP contribution in [-0.2, 0) is 0 Å². The lowest BCUT2D eigenvalue weighted by molar-refractivity contribution is 0.136. The van der Waals surface area contributed by atoms with Crippen molar-refractivity contribution in [2.24, 2.45) is 23.7 Å². The van der Waals surface area contributed by atoms with Crippen LogP contribution in [-0.4, -0.2) is 11.2 Å². The first-order valence-electron chi connectivity index (χ1n) is 6.12. The second-order valence-electron chi connectivity index (χ2n) is 5.49. The van der Waals surface area contributed by atoms with Gasteiger partial charge in [0.25, 0.3) is 0 Å². The highest BCUT2D eigenvalue weighted by Crippen LogP contribution is 2.46. The van der Waals surface area contributed by atoms with Gasteiger partial charge in [0, 0.05) is 0 Å². The molecular formula is C14H22O. The Morgan fingerprint density at radius 3 is 2.87 bits per heavy atom. The summed E-state index contributed by atoms with van der Waals surface area (Å²) in [6.45, 7) is 8.39. The number of rotatable bonds is 3. The highest BCUT2D eigenvalue weighted by molar-refractivity contribution is 5.20. The van der Waals surface area contributed by atoms with Crippen LogP contribution >= 0.6 is 0 Å². The van der Waals surface area contributed by atoms with E-state index >= 15 is 0 Å². The average Bonchev–Trinajstić information content (AvgIpc) is 2.46. The summed E-state index contributed by atoms with van der Waals surface area (Å²) in [5, 5.41) is 9.46. The monoisotopic (exact) mass is 206 g/mol. The first-order chi connectivity index (χ1) is 7.08. The minimum atomic E-state index is -0.184. The molecule has 0 radical (unpaired) electrons. The van der Waals surface area contributed by atoms with Crippen LogP contribution in [0, 0.1) is 23.7 Å². The van der Waals surface area contributed by atoms with E-state index in [4.69, 9.17) is 0 Å². The van der Waals surface area contributed by atoms with Gasteiger partial charge >= 0.3 is 0 Å². The number of allylic oxidation sites excluding steroid dienone is 3. The van der Waals surface area contributed by atoms with E-state index in [9.17, 15) is 5.11 Å². The van der Waals surface area contributed by atoms with Gasteiger partial charge in [-0.2, -0.15) is 0 Å². The Hall–Kier alpha value is -0.560. The predicted octanol–water partition coefficient (Wildman–Crippen LogP) is 3.16. The lowest BCUT2D eigenvalue weighted by Gasteiger charge is -2.36. The van der Waals surface area contributed by atoms with Gasteiger partial charge in [-0.1, -0.05) is 31.2 Å². The van der Waals surface area contributed by atoms with E-state index in [1.54, 1.807) is 0 Å². The van der Waals surface area contributed by atoms with Crippen LogP contribution in [0.4, 0.5) is 0 Å². The predicted molar refractivity (Wildman–Crippen MR) is 63.4 cm³/mol. The van der Waals surface area contributed by atoms with Gasteiger partial charge < -0.3 is 5.11 Å². The van der Waals surface area contributed by atoms with E-state index in [0.717, 1.165) is 12.3 Å². The molecule has 0 saturated heterocycles. The van der Waals surface area contributed by atoms with Crippen molar-refractivity contribution in [3.8, 4) is 0 Å². The number of aliphatic hydroxyl groups excluding tert-OH is 1. The van der Waals surface area contributed by atoms with Crippen molar-refractivity contribution < 1.29 is 5.11 Å². The Morgan fingerprint density at radius 1 is 1.47 bits per heavy atom. The molecule has 1 saturated carbocycles. The summed E-state index contributed by atoms with van der Waals surface area (Å²) < 4.78 is 0. The van der Waals surface area contributed by atoms with Crippen LogP contribution in [0.2, 0.25) is 0 Å². The molecule has 0 aromatic carbocycles. The summed E-state index contributed by atoms with van der Waals surface area (Å²) in [4.78, 5) is 0. The summed E-state index contributed by atoms with van der Waals surface area (Å²) in [7, 11) is 0. The molecule has 0 aromatic rings. The largest absolute Gasteiger partial charge is 0.393 e. The van der Waals surface area contributed by atoms with E-state index in [1.807, 2.05) is 6.92 Å². The highest BCUT2D eigenvalue weighted by atomic mass is 16.3. The molecule has 0 aromatic heterocycles. The fraction of sp³-hybridized carbons (Fsp3) is 0.714. The van der Waals surface area contributed by atoms with Crippen LogP contribution in [0.3, 0.4) is 0 Å². The molecule has 2 aliphatic carbocycles. The number of fused-ring (bicyclic) bond motifs is 2. The van der Waals surface area contributed by atoms with Gasteiger partial charge in [0.15, 0.2) is 0 Å². The maximum Gasteiger partial charge on any atom is 0.0514 e. The topological polar surface area (TPSA) is 20.2 Å². The molecule has 1 N–H and O–H groups in total. The van der Waals surface area contributed by atoms with Crippen molar-refractivity contribution in [3.05, 3.63) is 24.3 Å². The maximum absolute atomic E-state index is 9.46. The highest BCUT2D eigenvalue weighted by Gasteiger charge is 2.37. The molecule has 0 aliphatic heterocycles. The molecule has 0 spiro atoms. The van der Waals surface area contributed by atoms with Gasteiger partial charge in [0.2, 0.25) is 0 Å². The quantitative estimate of drug-likeness (QED) is 0.703. The minimum Gasteiger partial charge on any atom is -0.393 e. The molecule has 0 heterocycles. The maximum atomic E-state index is 9.46. The van der Waals surface area contributed by atoms with Crippen molar-refractivity contribution in [3.63, 3.8) is 0 Å². The van der Waals surface area contributed by atoms with Gasteiger partial charge in [-0.15, -0.1) is 0 Å². The Kier molecular flexibility index (Phi) is 3.01. The minimum absolute atomic E-state index is 0.184. The lowest BCUT2D eigenvalue weighted by Crippen LogP contribution is -2.28. The average molecular weight is 206 g/mol. The van der Waals surface area contributed by atoms with Crippen LogP contribution in [0.5, 0.6) is 0 Å². The van der Waals surface area contributed by atoms with Gasteiger partial charge in [-0.05, 0) is 49.9 Å². The Balaban J connectivity index is 2.06. The van der Waals surface area contributed by atoms with E-state index in [0.29, 0.717) is 17.8 Å². The third-order valence-corrected chi connectivity index (χ3v) is 3.99. The molecule has 1 heteroatoms. The molecule has 2 aliphatic rings. The van der Waals surface area contributed by atoms with Crippen molar-refractivity contribution >= 4 is 0 Å². The standard InChI is InChI=1S/C14H22O/c1-9(6-11(3)15)14-10(2)7-12-4-5-13(14)8-12/h4-5,9,11-15H,2,6-8H2,1,3H3/t9-,11-,12+,13+,14-/m0/s1.